The van der Waals surface area contributed by atoms with Gasteiger partial charge in [-0.05, 0) is 30.3 Å². The molecule has 0 spiro atoms. The molecule has 88 valence electrons. The number of aromatic nitrogens is 2. The van der Waals surface area contributed by atoms with Crippen molar-refractivity contribution < 1.29 is 9.50 Å². The highest BCUT2D eigenvalue weighted by molar-refractivity contribution is 5.82. The number of halogens is 1. The molecule has 1 aromatic carbocycles. The third-order valence-corrected chi connectivity index (χ3v) is 2.70. The fourth-order valence-corrected chi connectivity index (χ4v) is 1.79. The number of hydrogen-bond acceptors (Lipinski definition) is 3. The minimum absolute atomic E-state index is 0.171. The molecule has 3 aromatic rings. The molecule has 0 saturated carbocycles. The molecule has 2 heterocycles. The molecular formula is C14H9FN2O. The lowest BCUT2D eigenvalue weighted by molar-refractivity contribution is 0.476. The first-order chi connectivity index (χ1) is 8.72. The Kier molecular flexibility index (Phi) is 2.41. The van der Waals surface area contributed by atoms with Crippen LogP contribution < -0.4 is 0 Å². The molecule has 0 fully saturated rings. The zero-order valence-electron chi connectivity index (χ0n) is 9.34. The fraction of sp³-hybridized carbons (Fsp3) is 0. The number of rotatable bonds is 1. The van der Waals surface area contributed by atoms with E-state index in [1.54, 1.807) is 24.3 Å². The second-order valence-corrected chi connectivity index (χ2v) is 3.94. The molecule has 1 N–H and O–H groups in total. The van der Waals surface area contributed by atoms with Gasteiger partial charge in [0, 0.05) is 23.2 Å². The lowest BCUT2D eigenvalue weighted by Crippen LogP contribution is -1.87. The first-order valence-corrected chi connectivity index (χ1v) is 5.44. The number of phenols is 1. The van der Waals surface area contributed by atoms with Gasteiger partial charge in [0.15, 0.2) is 0 Å². The van der Waals surface area contributed by atoms with Crippen LogP contribution in [0.5, 0.6) is 5.75 Å². The Morgan fingerprint density at radius 3 is 2.61 bits per heavy atom. The van der Waals surface area contributed by atoms with E-state index in [1.165, 1.54) is 12.3 Å². The van der Waals surface area contributed by atoms with Crippen LogP contribution in [0, 0.1) is 5.95 Å². The summed E-state index contributed by atoms with van der Waals surface area (Å²) in [4.78, 5) is 8.01. The highest BCUT2D eigenvalue weighted by Crippen LogP contribution is 2.23. The summed E-state index contributed by atoms with van der Waals surface area (Å²) in [6, 6.07) is 11.7. The fourth-order valence-electron chi connectivity index (χ4n) is 1.79. The highest BCUT2D eigenvalue weighted by Gasteiger charge is 2.03. The standard InChI is InChI=1S/C14H9FN2O/c15-14-6-3-10(8-16-14)12-5-2-9-1-4-11(18)7-13(9)17-12/h1-8,18H. The van der Waals surface area contributed by atoms with E-state index in [0.717, 1.165) is 10.9 Å². The molecule has 3 nitrogen and oxygen atoms in total. The summed E-state index contributed by atoms with van der Waals surface area (Å²) in [6.07, 6.45) is 1.44. The van der Waals surface area contributed by atoms with E-state index in [9.17, 15) is 9.50 Å². The van der Waals surface area contributed by atoms with Crippen molar-refractivity contribution in [2.45, 2.75) is 0 Å². The smallest absolute Gasteiger partial charge is 0.212 e. The lowest BCUT2D eigenvalue weighted by atomic mass is 10.1. The summed E-state index contributed by atoms with van der Waals surface area (Å²) in [5.41, 5.74) is 2.12. The Hall–Kier alpha value is -2.49. The summed E-state index contributed by atoms with van der Waals surface area (Å²) in [5, 5.41) is 10.4. The molecule has 0 bridgehead atoms. The van der Waals surface area contributed by atoms with Gasteiger partial charge in [-0.15, -0.1) is 0 Å². The Morgan fingerprint density at radius 1 is 1.00 bits per heavy atom. The van der Waals surface area contributed by atoms with Crippen LogP contribution in [0.4, 0.5) is 4.39 Å². The van der Waals surface area contributed by atoms with Crippen molar-refractivity contribution in [3.63, 3.8) is 0 Å². The number of nitrogens with zero attached hydrogens (tertiary/aromatic N) is 2. The molecule has 0 unspecified atom stereocenters. The first kappa shape index (κ1) is 10.7. The monoisotopic (exact) mass is 240 g/mol. The molecule has 3 rings (SSSR count). The molecule has 4 heteroatoms. The number of hydrogen-bond donors (Lipinski definition) is 1. The van der Waals surface area contributed by atoms with Gasteiger partial charge in [0.05, 0.1) is 11.2 Å². The Bertz CT molecular complexity index is 711. The van der Waals surface area contributed by atoms with Gasteiger partial charge in [0.2, 0.25) is 5.95 Å². The third kappa shape index (κ3) is 1.88. The normalized spacial score (nSPS) is 10.7. The SMILES string of the molecule is Oc1ccc2ccc(-c3ccc(F)nc3)nc2c1. The van der Waals surface area contributed by atoms with Crippen molar-refractivity contribution in [2.24, 2.45) is 0 Å². The molecule has 18 heavy (non-hydrogen) atoms. The van der Waals surface area contributed by atoms with Crippen molar-refractivity contribution in [3.8, 4) is 17.0 Å². The van der Waals surface area contributed by atoms with E-state index in [1.807, 2.05) is 12.1 Å². The van der Waals surface area contributed by atoms with E-state index in [-0.39, 0.29) is 5.75 Å². The van der Waals surface area contributed by atoms with Crippen LogP contribution >= 0.6 is 0 Å². The number of pyridine rings is 2. The van der Waals surface area contributed by atoms with Crippen LogP contribution in [0.1, 0.15) is 0 Å². The van der Waals surface area contributed by atoms with Gasteiger partial charge < -0.3 is 5.11 Å². The maximum Gasteiger partial charge on any atom is 0.212 e. The van der Waals surface area contributed by atoms with Gasteiger partial charge in [-0.1, -0.05) is 6.07 Å². The number of aromatic hydroxyl groups is 1. The highest BCUT2D eigenvalue weighted by atomic mass is 19.1. The van der Waals surface area contributed by atoms with E-state index >= 15 is 0 Å². The average molecular weight is 240 g/mol. The van der Waals surface area contributed by atoms with Crippen molar-refractivity contribution >= 4 is 10.9 Å². The van der Waals surface area contributed by atoms with Crippen LogP contribution in [0.2, 0.25) is 0 Å². The first-order valence-electron chi connectivity index (χ1n) is 5.44. The zero-order chi connectivity index (χ0) is 12.5. The summed E-state index contributed by atoms with van der Waals surface area (Å²) >= 11 is 0. The molecule has 0 aliphatic rings. The molecule has 0 aliphatic carbocycles. The largest absolute Gasteiger partial charge is 0.508 e. The van der Waals surface area contributed by atoms with Crippen molar-refractivity contribution in [2.75, 3.05) is 0 Å². The van der Waals surface area contributed by atoms with E-state index in [4.69, 9.17) is 0 Å². The maximum absolute atomic E-state index is 12.7. The Balaban J connectivity index is 2.15. The maximum atomic E-state index is 12.7. The number of fused-ring (bicyclic) bond motifs is 1. The molecule has 0 atom stereocenters. The van der Waals surface area contributed by atoms with Gasteiger partial charge in [0.1, 0.15) is 5.75 Å². The molecule has 0 radical (unpaired) electrons. The number of benzene rings is 1. The Morgan fingerprint density at radius 2 is 1.83 bits per heavy atom. The van der Waals surface area contributed by atoms with Gasteiger partial charge in [-0.25, -0.2) is 9.97 Å². The molecule has 2 aromatic heterocycles. The second kappa shape index (κ2) is 4.07. The zero-order valence-corrected chi connectivity index (χ0v) is 9.34. The summed E-state index contributed by atoms with van der Waals surface area (Å²) in [7, 11) is 0. The topological polar surface area (TPSA) is 46.0 Å². The molecule has 0 amide bonds. The van der Waals surface area contributed by atoms with Crippen LogP contribution in [0.15, 0.2) is 48.7 Å². The van der Waals surface area contributed by atoms with Gasteiger partial charge in [0.25, 0.3) is 0 Å². The van der Waals surface area contributed by atoms with Crippen molar-refractivity contribution in [3.05, 3.63) is 54.6 Å². The summed E-state index contributed by atoms with van der Waals surface area (Å²) in [5.74, 6) is -0.346. The van der Waals surface area contributed by atoms with Crippen LogP contribution in [-0.2, 0) is 0 Å². The Labute approximate surface area is 103 Å². The molecule has 0 aliphatic heterocycles. The van der Waals surface area contributed by atoms with E-state index in [2.05, 4.69) is 9.97 Å². The average Bonchev–Trinajstić information content (AvgIpc) is 2.38. The quantitative estimate of drug-likeness (QED) is 0.664. The van der Waals surface area contributed by atoms with E-state index in [0.29, 0.717) is 11.2 Å². The lowest BCUT2D eigenvalue weighted by Gasteiger charge is -2.03. The van der Waals surface area contributed by atoms with Crippen molar-refractivity contribution in [1.82, 2.24) is 9.97 Å². The van der Waals surface area contributed by atoms with E-state index < -0.39 is 5.95 Å². The predicted octanol–water partition coefficient (Wildman–Crippen LogP) is 3.14. The van der Waals surface area contributed by atoms with Crippen LogP contribution in [0.25, 0.3) is 22.2 Å². The molecular weight excluding hydrogens is 231 g/mol. The minimum atomic E-state index is -0.516. The summed E-state index contributed by atoms with van der Waals surface area (Å²) < 4.78 is 12.7. The van der Waals surface area contributed by atoms with Gasteiger partial charge in [-0.3, -0.25) is 0 Å². The number of phenolic OH excluding ortho intramolecular Hbond substituents is 1. The van der Waals surface area contributed by atoms with Crippen molar-refractivity contribution in [1.29, 1.82) is 0 Å². The molecule has 0 saturated heterocycles. The van der Waals surface area contributed by atoms with Crippen LogP contribution in [0.3, 0.4) is 0 Å². The second-order valence-electron chi connectivity index (χ2n) is 3.94. The third-order valence-electron chi connectivity index (χ3n) is 2.70. The van der Waals surface area contributed by atoms with Crippen LogP contribution in [-0.4, -0.2) is 15.1 Å². The predicted molar refractivity (Wildman–Crippen MR) is 66.6 cm³/mol. The van der Waals surface area contributed by atoms with Gasteiger partial charge in [-0.2, -0.15) is 4.39 Å². The van der Waals surface area contributed by atoms with Gasteiger partial charge >= 0.3 is 0 Å². The summed E-state index contributed by atoms with van der Waals surface area (Å²) in [6.45, 7) is 0. The minimum Gasteiger partial charge on any atom is -0.508 e.